The highest BCUT2D eigenvalue weighted by atomic mass is 16.3. The van der Waals surface area contributed by atoms with E-state index in [0.717, 1.165) is 68.7 Å². The number of aliphatic hydroxyl groups is 1. The molecule has 1 aromatic carbocycles. The van der Waals surface area contributed by atoms with Gasteiger partial charge in [-0.15, -0.1) is 0 Å². The van der Waals surface area contributed by atoms with Crippen molar-refractivity contribution in [3.63, 3.8) is 0 Å². The van der Waals surface area contributed by atoms with Crippen molar-refractivity contribution in [3.05, 3.63) is 30.1 Å². The van der Waals surface area contributed by atoms with Crippen LogP contribution in [0.2, 0.25) is 0 Å². The molecule has 1 aromatic heterocycles. The summed E-state index contributed by atoms with van der Waals surface area (Å²) in [6, 6.07) is 8.96. The number of fused-ring (bicyclic) bond motifs is 2. The molecule has 156 valence electrons. The SMILES string of the molecule is CC(=O)N1CCC(N2C[C@H]3C[C@H](O)[C@@H](n4c(C)nc5ccccc54)C[C@H]3C2)CC1. The molecule has 0 radical (unpaired) electrons. The van der Waals surface area contributed by atoms with Crippen LogP contribution in [0.3, 0.4) is 0 Å². The topological polar surface area (TPSA) is 61.6 Å². The fraction of sp³-hybridized carbons (Fsp3) is 0.652. The lowest BCUT2D eigenvalue weighted by Gasteiger charge is -2.37. The summed E-state index contributed by atoms with van der Waals surface area (Å²) in [4.78, 5) is 21.0. The van der Waals surface area contributed by atoms with E-state index in [1.807, 2.05) is 11.0 Å². The number of rotatable bonds is 2. The third kappa shape index (κ3) is 3.36. The molecule has 2 aliphatic heterocycles. The zero-order valence-corrected chi connectivity index (χ0v) is 17.5. The van der Waals surface area contributed by atoms with Gasteiger partial charge in [0.15, 0.2) is 0 Å². The lowest BCUT2D eigenvalue weighted by Crippen LogP contribution is -2.45. The van der Waals surface area contributed by atoms with Crippen molar-refractivity contribution in [3.8, 4) is 0 Å². The van der Waals surface area contributed by atoms with Gasteiger partial charge in [-0.25, -0.2) is 4.98 Å². The Morgan fingerprint density at radius 3 is 2.52 bits per heavy atom. The number of carbonyl (C=O) groups is 1. The minimum Gasteiger partial charge on any atom is -0.391 e. The van der Waals surface area contributed by atoms with Crippen LogP contribution in [0.4, 0.5) is 0 Å². The van der Waals surface area contributed by atoms with E-state index in [4.69, 9.17) is 4.98 Å². The molecule has 1 saturated carbocycles. The fourth-order valence-corrected chi connectivity index (χ4v) is 6.15. The predicted molar refractivity (Wildman–Crippen MR) is 113 cm³/mol. The predicted octanol–water partition coefficient (Wildman–Crippen LogP) is 2.60. The van der Waals surface area contributed by atoms with Crippen LogP contribution < -0.4 is 0 Å². The molecule has 0 unspecified atom stereocenters. The lowest BCUT2D eigenvalue weighted by atomic mass is 9.77. The van der Waals surface area contributed by atoms with Crippen LogP contribution in [-0.2, 0) is 4.79 Å². The van der Waals surface area contributed by atoms with Gasteiger partial charge in [0.25, 0.3) is 0 Å². The molecule has 3 aliphatic rings. The Kier molecular flexibility index (Phi) is 4.87. The largest absolute Gasteiger partial charge is 0.391 e. The summed E-state index contributed by atoms with van der Waals surface area (Å²) in [7, 11) is 0. The molecule has 2 saturated heterocycles. The standard InChI is InChI=1S/C23H32N4O2/c1-15-24-20-5-3-4-6-21(20)27(15)22-11-17-13-26(14-18(17)12-23(22)29)19-7-9-25(10-8-19)16(2)28/h3-6,17-19,22-23,29H,7-14H2,1-2H3/t17-,18+,22-,23-/m0/s1. The summed E-state index contributed by atoms with van der Waals surface area (Å²) in [5.41, 5.74) is 2.16. The van der Waals surface area contributed by atoms with Crippen molar-refractivity contribution >= 4 is 16.9 Å². The molecule has 1 N–H and O–H groups in total. The molecule has 0 bridgehead atoms. The zero-order chi connectivity index (χ0) is 20.1. The van der Waals surface area contributed by atoms with Gasteiger partial charge in [-0.2, -0.15) is 0 Å². The molecule has 0 spiro atoms. The van der Waals surface area contributed by atoms with Gasteiger partial charge in [0.1, 0.15) is 5.82 Å². The van der Waals surface area contributed by atoms with Gasteiger partial charge in [0.05, 0.1) is 23.2 Å². The minimum absolute atomic E-state index is 0.114. The number of aryl methyl sites for hydroxylation is 1. The van der Waals surface area contributed by atoms with Crippen LogP contribution in [0, 0.1) is 18.8 Å². The second-order valence-corrected chi connectivity index (χ2v) is 9.34. The van der Waals surface area contributed by atoms with E-state index < -0.39 is 0 Å². The van der Waals surface area contributed by atoms with Crippen LogP contribution in [0.5, 0.6) is 0 Å². The average molecular weight is 397 g/mol. The van der Waals surface area contributed by atoms with Gasteiger partial charge in [-0.3, -0.25) is 9.69 Å². The molecular weight excluding hydrogens is 364 g/mol. The summed E-state index contributed by atoms with van der Waals surface area (Å²) < 4.78 is 2.28. The van der Waals surface area contributed by atoms with Gasteiger partial charge in [0.2, 0.25) is 5.91 Å². The van der Waals surface area contributed by atoms with Crippen molar-refractivity contribution in [2.24, 2.45) is 11.8 Å². The minimum atomic E-state index is -0.313. The van der Waals surface area contributed by atoms with E-state index >= 15 is 0 Å². The third-order valence-corrected chi connectivity index (χ3v) is 7.67. The molecule has 4 atom stereocenters. The molecule has 3 heterocycles. The molecule has 6 nitrogen and oxygen atoms in total. The van der Waals surface area contributed by atoms with Crippen molar-refractivity contribution in [1.29, 1.82) is 0 Å². The summed E-state index contributed by atoms with van der Waals surface area (Å²) in [5.74, 6) is 2.42. The van der Waals surface area contributed by atoms with Gasteiger partial charge in [0, 0.05) is 39.1 Å². The van der Waals surface area contributed by atoms with Gasteiger partial charge in [-0.1, -0.05) is 12.1 Å². The van der Waals surface area contributed by atoms with E-state index in [2.05, 4.69) is 34.6 Å². The summed E-state index contributed by atoms with van der Waals surface area (Å²) in [5, 5.41) is 11.1. The monoisotopic (exact) mass is 396 g/mol. The van der Waals surface area contributed by atoms with Crippen LogP contribution in [0.25, 0.3) is 11.0 Å². The Morgan fingerprint density at radius 1 is 1.10 bits per heavy atom. The van der Waals surface area contributed by atoms with E-state index in [0.29, 0.717) is 17.9 Å². The second-order valence-electron chi connectivity index (χ2n) is 9.34. The van der Waals surface area contributed by atoms with Crippen LogP contribution in [-0.4, -0.2) is 68.7 Å². The second kappa shape index (κ2) is 7.40. The number of aliphatic hydroxyl groups excluding tert-OH is 1. The van der Waals surface area contributed by atoms with E-state index in [1.165, 1.54) is 0 Å². The Hall–Kier alpha value is -1.92. The Bertz CT molecular complexity index is 901. The van der Waals surface area contributed by atoms with Gasteiger partial charge in [-0.05, 0) is 56.6 Å². The van der Waals surface area contributed by atoms with E-state index in [9.17, 15) is 9.90 Å². The number of piperidine rings is 1. The first-order chi connectivity index (χ1) is 14.0. The van der Waals surface area contributed by atoms with Crippen molar-refractivity contribution in [2.45, 2.75) is 57.7 Å². The molecule has 5 rings (SSSR count). The molecule has 6 heteroatoms. The van der Waals surface area contributed by atoms with Crippen molar-refractivity contribution in [1.82, 2.24) is 19.4 Å². The van der Waals surface area contributed by atoms with Crippen LogP contribution >= 0.6 is 0 Å². The normalized spacial score (nSPS) is 31.3. The Morgan fingerprint density at radius 2 is 1.79 bits per heavy atom. The number of benzene rings is 1. The maximum Gasteiger partial charge on any atom is 0.219 e. The molecule has 1 amide bonds. The summed E-state index contributed by atoms with van der Waals surface area (Å²) in [6.07, 6.45) is 3.75. The fourth-order valence-electron chi connectivity index (χ4n) is 6.15. The Balaban J connectivity index is 1.31. The molecule has 29 heavy (non-hydrogen) atoms. The van der Waals surface area contributed by atoms with Gasteiger partial charge < -0.3 is 14.6 Å². The molecule has 1 aliphatic carbocycles. The number of hydrogen-bond acceptors (Lipinski definition) is 4. The number of amides is 1. The number of likely N-dealkylation sites (tertiary alicyclic amines) is 2. The first-order valence-electron chi connectivity index (χ1n) is 11.1. The first kappa shape index (κ1) is 19.1. The third-order valence-electron chi connectivity index (χ3n) is 7.67. The number of carbonyl (C=O) groups excluding carboxylic acids is 1. The first-order valence-corrected chi connectivity index (χ1v) is 11.1. The lowest BCUT2D eigenvalue weighted by molar-refractivity contribution is -0.130. The number of aromatic nitrogens is 2. The molecule has 3 fully saturated rings. The van der Waals surface area contributed by atoms with Gasteiger partial charge >= 0.3 is 0 Å². The highest BCUT2D eigenvalue weighted by molar-refractivity contribution is 5.76. The summed E-state index contributed by atoms with van der Waals surface area (Å²) >= 11 is 0. The number of nitrogens with zero attached hydrogens (tertiary/aromatic N) is 4. The maximum absolute atomic E-state index is 11.6. The number of imidazole rings is 1. The maximum atomic E-state index is 11.6. The van der Waals surface area contributed by atoms with E-state index in [-0.39, 0.29) is 18.1 Å². The average Bonchev–Trinajstić information content (AvgIpc) is 3.27. The zero-order valence-electron chi connectivity index (χ0n) is 17.5. The van der Waals surface area contributed by atoms with Crippen molar-refractivity contribution < 1.29 is 9.90 Å². The Labute approximate surface area is 172 Å². The van der Waals surface area contributed by atoms with Crippen LogP contribution in [0.15, 0.2) is 24.3 Å². The number of hydrogen-bond donors (Lipinski definition) is 1. The van der Waals surface area contributed by atoms with Crippen molar-refractivity contribution in [2.75, 3.05) is 26.2 Å². The smallest absolute Gasteiger partial charge is 0.219 e. The van der Waals surface area contributed by atoms with Crippen LogP contribution in [0.1, 0.15) is 44.5 Å². The summed E-state index contributed by atoms with van der Waals surface area (Å²) in [6.45, 7) is 7.73. The molecule has 2 aromatic rings. The highest BCUT2D eigenvalue weighted by Crippen LogP contribution is 2.43. The highest BCUT2D eigenvalue weighted by Gasteiger charge is 2.44. The quantitative estimate of drug-likeness (QED) is 0.848. The van der Waals surface area contributed by atoms with E-state index in [1.54, 1.807) is 6.92 Å². The molecular formula is C23H32N4O2. The number of para-hydroxylation sites is 2.